The Hall–Kier alpha value is -2.80. The van der Waals surface area contributed by atoms with Crippen LogP contribution in [-0.4, -0.2) is 17.4 Å². The summed E-state index contributed by atoms with van der Waals surface area (Å²) in [5, 5.41) is 8.93. The second kappa shape index (κ2) is 5.29. The van der Waals surface area contributed by atoms with Gasteiger partial charge in [0, 0.05) is 24.3 Å². The smallest absolute Gasteiger partial charge is 0.254 e. The molecular weight excluding hydrogens is 262 g/mol. The lowest BCUT2D eigenvalue weighted by Crippen LogP contribution is -2.36. The molecule has 21 heavy (non-hydrogen) atoms. The second-order valence-electron chi connectivity index (χ2n) is 5.15. The molecule has 0 unspecified atom stereocenters. The van der Waals surface area contributed by atoms with Crippen LogP contribution in [-0.2, 0) is 13.0 Å². The minimum absolute atomic E-state index is 0.0546. The number of nitrogens with two attached hydrogens (primary N) is 1. The van der Waals surface area contributed by atoms with E-state index in [4.69, 9.17) is 11.0 Å². The number of anilines is 1. The van der Waals surface area contributed by atoms with Gasteiger partial charge in [0.15, 0.2) is 0 Å². The fraction of sp³-hybridized carbons (Fsp3) is 0.176. The molecule has 104 valence electrons. The van der Waals surface area contributed by atoms with Gasteiger partial charge in [-0.25, -0.2) is 0 Å². The summed E-state index contributed by atoms with van der Waals surface area (Å²) in [5.41, 5.74) is 10.0. The van der Waals surface area contributed by atoms with Gasteiger partial charge in [0.05, 0.1) is 11.6 Å². The number of amides is 1. The molecule has 4 nitrogen and oxygen atoms in total. The molecule has 0 fully saturated rings. The number of benzene rings is 2. The third-order valence-corrected chi connectivity index (χ3v) is 3.84. The minimum Gasteiger partial charge on any atom is -0.398 e. The highest BCUT2D eigenvalue weighted by atomic mass is 16.2. The first-order valence-corrected chi connectivity index (χ1v) is 6.84. The van der Waals surface area contributed by atoms with E-state index in [1.54, 1.807) is 29.2 Å². The van der Waals surface area contributed by atoms with Crippen molar-refractivity contribution in [3.63, 3.8) is 0 Å². The molecule has 0 radical (unpaired) electrons. The number of carbonyl (C=O) groups is 1. The van der Waals surface area contributed by atoms with Crippen LogP contribution in [0.2, 0.25) is 0 Å². The summed E-state index contributed by atoms with van der Waals surface area (Å²) in [6.07, 6.45) is 0.810. The van der Waals surface area contributed by atoms with Crippen LogP contribution in [0.15, 0.2) is 42.5 Å². The first-order valence-electron chi connectivity index (χ1n) is 6.84. The monoisotopic (exact) mass is 277 g/mol. The number of nitrogens with zero attached hydrogens (tertiary/aromatic N) is 2. The number of nitriles is 1. The normalized spacial score (nSPS) is 13.4. The third kappa shape index (κ3) is 2.46. The summed E-state index contributed by atoms with van der Waals surface area (Å²) in [4.78, 5) is 14.4. The van der Waals surface area contributed by atoms with Crippen LogP contribution in [0.5, 0.6) is 0 Å². The van der Waals surface area contributed by atoms with Gasteiger partial charge in [0.1, 0.15) is 0 Å². The van der Waals surface area contributed by atoms with E-state index in [9.17, 15) is 4.79 Å². The van der Waals surface area contributed by atoms with E-state index in [1.165, 1.54) is 5.56 Å². The Balaban J connectivity index is 1.87. The molecule has 2 aromatic rings. The van der Waals surface area contributed by atoms with Gasteiger partial charge >= 0.3 is 0 Å². The van der Waals surface area contributed by atoms with E-state index in [-0.39, 0.29) is 5.91 Å². The maximum atomic E-state index is 12.6. The molecule has 0 aliphatic carbocycles. The summed E-state index contributed by atoms with van der Waals surface area (Å²) in [6, 6.07) is 14.7. The van der Waals surface area contributed by atoms with Gasteiger partial charge < -0.3 is 10.6 Å². The van der Waals surface area contributed by atoms with E-state index in [0.29, 0.717) is 24.2 Å². The standard InChI is InChI=1S/C17H15N3O/c18-10-12-3-1-5-14(9-12)17(21)20-8-7-13-4-2-6-16(19)15(13)11-20/h1-6,9H,7-8,11,19H2. The molecule has 0 bridgehead atoms. The maximum absolute atomic E-state index is 12.6. The molecular formula is C17H15N3O. The Morgan fingerprint density at radius 1 is 1.24 bits per heavy atom. The van der Waals surface area contributed by atoms with E-state index >= 15 is 0 Å². The SMILES string of the molecule is N#Cc1cccc(C(=O)N2CCc3cccc(N)c3C2)c1. The average molecular weight is 277 g/mol. The lowest BCUT2D eigenvalue weighted by Gasteiger charge is -2.29. The van der Waals surface area contributed by atoms with Crippen LogP contribution in [0.3, 0.4) is 0 Å². The first-order chi connectivity index (χ1) is 10.2. The molecule has 0 aromatic heterocycles. The van der Waals surface area contributed by atoms with Gasteiger partial charge in [-0.05, 0) is 41.8 Å². The fourth-order valence-electron chi connectivity index (χ4n) is 2.68. The predicted octanol–water partition coefficient (Wildman–Crippen LogP) is 2.34. The van der Waals surface area contributed by atoms with E-state index < -0.39 is 0 Å². The molecule has 3 rings (SSSR count). The van der Waals surface area contributed by atoms with Crippen LogP contribution in [0.4, 0.5) is 5.69 Å². The quantitative estimate of drug-likeness (QED) is 0.813. The van der Waals surface area contributed by atoms with Crippen molar-refractivity contribution < 1.29 is 4.79 Å². The highest BCUT2D eigenvalue weighted by molar-refractivity contribution is 5.94. The molecule has 1 aliphatic heterocycles. The number of carbonyl (C=O) groups excluding carboxylic acids is 1. The van der Waals surface area contributed by atoms with Crippen molar-refractivity contribution in [2.24, 2.45) is 0 Å². The summed E-state index contributed by atoms with van der Waals surface area (Å²) in [6.45, 7) is 1.20. The Bertz CT molecular complexity index is 746. The van der Waals surface area contributed by atoms with Gasteiger partial charge in [-0.2, -0.15) is 5.26 Å². The Morgan fingerprint density at radius 3 is 2.86 bits per heavy atom. The summed E-state index contributed by atoms with van der Waals surface area (Å²) >= 11 is 0. The zero-order valence-electron chi connectivity index (χ0n) is 11.5. The van der Waals surface area contributed by atoms with Crippen LogP contribution >= 0.6 is 0 Å². The highest BCUT2D eigenvalue weighted by Gasteiger charge is 2.23. The van der Waals surface area contributed by atoms with Gasteiger partial charge in [0.2, 0.25) is 0 Å². The average Bonchev–Trinajstić information content (AvgIpc) is 2.54. The largest absolute Gasteiger partial charge is 0.398 e. The lowest BCUT2D eigenvalue weighted by molar-refractivity contribution is 0.0735. The Morgan fingerprint density at radius 2 is 2.05 bits per heavy atom. The van der Waals surface area contributed by atoms with Crippen LogP contribution in [0.25, 0.3) is 0 Å². The van der Waals surface area contributed by atoms with Crippen molar-refractivity contribution in [1.82, 2.24) is 4.90 Å². The Labute approximate surface area is 123 Å². The molecule has 2 N–H and O–H groups in total. The van der Waals surface area contributed by atoms with Gasteiger partial charge in [0.25, 0.3) is 5.91 Å². The van der Waals surface area contributed by atoms with Crippen molar-refractivity contribution in [2.45, 2.75) is 13.0 Å². The summed E-state index contributed by atoms with van der Waals surface area (Å²) < 4.78 is 0. The Kier molecular flexibility index (Phi) is 3.33. The van der Waals surface area contributed by atoms with Gasteiger partial charge in [-0.15, -0.1) is 0 Å². The van der Waals surface area contributed by atoms with Crippen LogP contribution < -0.4 is 5.73 Å². The van der Waals surface area contributed by atoms with Crippen molar-refractivity contribution in [2.75, 3.05) is 12.3 Å². The van der Waals surface area contributed by atoms with E-state index in [1.807, 2.05) is 12.1 Å². The molecule has 1 aliphatic rings. The molecule has 4 heteroatoms. The molecule has 1 heterocycles. The van der Waals surface area contributed by atoms with Crippen molar-refractivity contribution in [3.8, 4) is 6.07 Å². The van der Waals surface area contributed by atoms with E-state index in [0.717, 1.165) is 17.7 Å². The highest BCUT2D eigenvalue weighted by Crippen LogP contribution is 2.25. The first kappa shape index (κ1) is 13.2. The van der Waals surface area contributed by atoms with Gasteiger partial charge in [-0.3, -0.25) is 4.79 Å². The third-order valence-electron chi connectivity index (χ3n) is 3.84. The number of hydrogen-bond donors (Lipinski definition) is 1. The molecule has 2 aromatic carbocycles. The second-order valence-corrected chi connectivity index (χ2v) is 5.15. The van der Waals surface area contributed by atoms with Crippen LogP contribution in [0.1, 0.15) is 27.0 Å². The van der Waals surface area contributed by atoms with Crippen molar-refractivity contribution in [3.05, 3.63) is 64.7 Å². The fourth-order valence-corrected chi connectivity index (χ4v) is 2.68. The molecule has 0 atom stereocenters. The minimum atomic E-state index is -0.0546. The molecule has 1 amide bonds. The number of fused-ring (bicyclic) bond motifs is 1. The van der Waals surface area contributed by atoms with Gasteiger partial charge in [-0.1, -0.05) is 18.2 Å². The summed E-state index contributed by atoms with van der Waals surface area (Å²) in [5.74, 6) is -0.0546. The number of nitrogen functional groups attached to an aromatic ring is 1. The van der Waals surface area contributed by atoms with Crippen LogP contribution in [0, 0.1) is 11.3 Å². The zero-order valence-corrected chi connectivity index (χ0v) is 11.5. The molecule has 0 saturated heterocycles. The molecule has 0 saturated carbocycles. The zero-order chi connectivity index (χ0) is 14.8. The van der Waals surface area contributed by atoms with Crippen molar-refractivity contribution in [1.29, 1.82) is 5.26 Å². The number of rotatable bonds is 1. The topological polar surface area (TPSA) is 70.1 Å². The van der Waals surface area contributed by atoms with E-state index in [2.05, 4.69) is 12.1 Å². The molecule has 0 spiro atoms. The lowest BCUT2D eigenvalue weighted by atomic mass is 9.97. The maximum Gasteiger partial charge on any atom is 0.254 e. The predicted molar refractivity (Wildman–Crippen MR) is 80.5 cm³/mol. The van der Waals surface area contributed by atoms with Crippen molar-refractivity contribution >= 4 is 11.6 Å². The summed E-state index contributed by atoms with van der Waals surface area (Å²) in [7, 11) is 0. The number of hydrogen-bond acceptors (Lipinski definition) is 3.